The summed E-state index contributed by atoms with van der Waals surface area (Å²) in [6.07, 6.45) is 2.91. The van der Waals surface area contributed by atoms with E-state index in [0.29, 0.717) is 41.6 Å². The lowest BCUT2D eigenvalue weighted by atomic mass is 9.98. The summed E-state index contributed by atoms with van der Waals surface area (Å²) >= 11 is 0. The monoisotopic (exact) mass is 457 g/mol. The van der Waals surface area contributed by atoms with Crippen LogP contribution in [0.1, 0.15) is 49.0 Å². The molecule has 3 heterocycles. The van der Waals surface area contributed by atoms with E-state index in [9.17, 15) is 14.4 Å². The highest BCUT2D eigenvalue weighted by molar-refractivity contribution is 6.11. The number of nitrogens with one attached hydrogen (secondary N) is 1. The van der Waals surface area contributed by atoms with Gasteiger partial charge in [0.1, 0.15) is 12.2 Å². The van der Waals surface area contributed by atoms with Crippen LogP contribution in [0.5, 0.6) is 0 Å². The Labute approximate surface area is 195 Å². The topological polar surface area (TPSA) is 113 Å². The third-order valence-corrected chi connectivity index (χ3v) is 6.84. The van der Waals surface area contributed by atoms with Gasteiger partial charge in [-0.15, -0.1) is 5.10 Å². The van der Waals surface area contributed by atoms with Gasteiger partial charge in [0.15, 0.2) is 5.82 Å². The third-order valence-electron chi connectivity index (χ3n) is 6.84. The summed E-state index contributed by atoms with van der Waals surface area (Å²) in [5.41, 5.74) is 1.54. The van der Waals surface area contributed by atoms with E-state index in [1.807, 2.05) is 35.9 Å². The summed E-state index contributed by atoms with van der Waals surface area (Å²) < 4.78 is 1.82. The first kappa shape index (κ1) is 20.5. The van der Waals surface area contributed by atoms with E-state index in [2.05, 4.69) is 20.8 Å². The minimum atomic E-state index is -0.881. The van der Waals surface area contributed by atoms with E-state index in [-0.39, 0.29) is 24.3 Å². The van der Waals surface area contributed by atoms with Gasteiger partial charge in [-0.05, 0) is 60.9 Å². The molecule has 2 aliphatic heterocycles. The predicted molar refractivity (Wildman–Crippen MR) is 123 cm³/mol. The summed E-state index contributed by atoms with van der Waals surface area (Å²) in [5.74, 6) is 0.0201. The van der Waals surface area contributed by atoms with Crippen molar-refractivity contribution in [3.63, 3.8) is 0 Å². The van der Waals surface area contributed by atoms with Crippen molar-refractivity contribution >= 4 is 29.1 Å². The Balaban J connectivity index is 1.25. The lowest BCUT2D eigenvalue weighted by Gasteiger charge is -2.48. The number of benzene rings is 2. The molecule has 10 nitrogen and oxygen atoms in total. The van der Waals surface area contributed by atoms with Crippen molar-refractivity contribution in [3.05, 3.63) is 54.1 Å². The Morgan fingerprint density at radius 3 is 2.79 bits per heavy atom. The van der Waals surface area contributed by atoms with Crippen molar-refractivity contribution < 1.29 is 14.4 Å². The van der Waals surface area contributed by atoms with Crippen LogP contribution in [-0.4, -0.2) is 55.0 Å². The molecule has 3 aromatic rings. The first-order chi connectivity index (χ1) is 16.5. The van der Waals surface area contributed by atoms with Gasteiger partial charge in [0.2, 0.25) is 11.8 Å². The molecule has 172 valence electrons. The van der Waals surface area contributed by atoms with Gasteiger partial charge in [-0.1, -0.05) is 24.3 Å². The molecule has 10 heteroatoms. The van der Waals surface area contributed by atoms with Crippen molar-refractivity contribution in [2.24, 2.45) is 0 Å². The van der Waals surface area contributed by atoms with Gasteiger partial charge < -0.3 is 10.2 Å². The highest BCUT2D eigenvalue weighted by atomic mass is 16.2. The van der Waals surface area contributed by atoms with Crippen molar-refractivity contribution in [1.82, 2.24) is 25.1 Å². The average Bonchev–Trinajstić information content (AvgIpc) is 3.47. The van der Waals surface area contributed by atoms with Crippen molar-refractivity contribution in [1.29, 1.82) is 0 Å². The molecule has 1 saturated carbocycles. The second kappa shape index (κ2) is 7.47. The largest absolute Gasteiger partial charge is 0.325 e. The Morgan fingerprint density at radius 2 is 1.97 bits per heavy atom. The van der Waals surface area contributed by atoms with E-state index in [0.717, 1.165) is 18.4 Å². The van der Waals surface area contributed by atoms with E-state index >= 15 is 0 Å². The van der Waals surface area contributed by atoms with Gasteiger partial charge in [-0.3, -0.25) is 19.3 Å². The van der Waals surface area contributed by atoms with Crippen LogP contribution in [0.25, 0.3) is 11.4 Å². The fourth-order valence-electron chi connectivity index (χ4n) is 4.97. The van der Waals surface area contributed by atoms with Gasteiger partial charge in [0, 0.05) is 17.7 Å². The lowest BCUT2D eigenvalue weighted by molar-refractivity contribution is -0.120. The molecule has 3 aliphatic rings. The van der Waals surface area contributed by atoms with Crippen LogP contribution in [0, 0.1) is 0 Å². The molecular formula is C24H23N7O3. The van der Waals surface area contributed by atoms with Crippen LogP contribution in [-0.2, 0) is 9.59 Å². The van der Waals surface area contributed by atoms with Crippen LogP contribution in [0.2, 0.25) is 0 Å². The minimum absolute atomic E-state index is 0.0473. The average molecular weight is 457 g/mol. The first-order valence-electron chi connectivity index (χ1n) is 11.4. The standard InChI is InChI=1S/C24H23N7O3/c1-24-12-11-21(33)30(24)19-8-3-2-7-18(19)23(34)29(24)14-20(32)25-16-6-4-5-15(13-16)22-26-27-28-31(22)17-9-10-17/h2-8,13,17H,9-12,14H2,1H3,(H,25,32)/t24-/m1/s1. The highest BCUT2D eigenvalue weighted by Crippen LogP contribution is 2.44. The number of aromatic nitrogens is 4. The number of amides is 3. The number of para-hydroxylation sites is 1. The maximum absolute atomic E-state index is 13.4. The number of rotatable bonds is 5. The molecule has 1 N–H and O–H groups in total. The Hall–Kier alpha value is -4.08. The number of anilines is 2. The molecule has 1 aromatic heterocycles. The summed E-state index contributed by atoms with van der Waals surface area (Å²) in [6.45, 7) is 1.68. The molecule has 2 fully saturated rings. The number of nitrogens with zero attached hydrogens (tertiary/aromatic N) is 6. The molecule has 0 bridgehead atoms. The second-order valence-electron chi connectivity index (χ2n) is 9.16. The lowest BCUT2D eigenvalue weighted by Crippen LogP contribution is -2.63. The van der Waals surface area contributed by atoms with Gasteiger partial charge in [-0.2, -0.15) is 0 Å². The van der Waals surface area contributed by atoms with Gasteiger partial charge >= 0.3 is 0 Å². The highest BCUT2D eigenvalue weighted by Gasteiger charge is 2.53. The summed E-state index contributed by atoms with van der Waals surface area (Å²) in [7, 11) is 0. The van der Waals surface area contributed by atoms with Crippen LogP contribution >= 0.6 is 0 Å². The molecule has 0 radical (unpaired) electrons. The molecule has 34 heavy (non-hydrogen) atoms. The van der Waals surface area contributed by atoms with Gasteiger partial charge in [0.05, 0.1) is 17.3 Å². The Morgan fingerprint density at radius 1 is 1.15 bits per heavy atom. The fourth-order valence-corrected chi connectivity index (χ4v) is 4.97. The molecule has 3 amide bonds. The zero-order valence-electron chi connectivity index (χ0n) is 18.6. The van der Waals surface area contributed by atoms with Crippen LogP contribution in [0.3, 0.4) is 0 Å². The molecule has 2 aromatic carbocycles. The molecule has 0 unspecified atom stereocenters. The summed E-state index contributed by atoms with van der Waals surface area (Å²) in [5, 5.41) is 14.9. The Kier molecular flexibility index (Phi) is 4.51. The number of hydrogen-bond acceptors (Lipinski definition) is 6. The van der Waals surface area contributed by atoms with Crippen LogP contribution < -0.4 is 10.2 Å². The quantitative estimate of drug-likeness (QED) is 0.630. The van der Waals surface area contributed by atoms with Gasteiger partial charge in [0.25, 0.3) is 5.91 Å². The number of carbonyl (C=O) groups is 3. The normalized spacial score (nSPS) is 21.4. The smallest absolute Gasteiger partial charge is 0.258 e. The van der Waals surface area contributed by atoms with Crippen molar-refractivity contribution in [2.45, 2.75) is 44.3 Å². The maximum Gasteiger partial charge on any atom is 0.258 e. The molecule has 1 aliphatic carbocycles. The molecular weight excluding hydrogens is 434 g/mol. The minimum Gasteiger partial charge on any atom is -0.325 e. The predicted octanol–water partition coefficient (Wildman–Crippen LogP) is 2.61. The summed E-state index contributed by atoms with van der Waals surface area (Å²) in [6, 6.07) is 14.7. The molecule has 1 saturated heterocycles. The number of tetrazole rings is 1. The van der Waals surface area contributed by atoms with E-state index in [1.165, 1.54) is 4.90 Å². The summed E-state index contributed by atoms with van der Waals surface area (Å²) in [4.78, 5) is 42.3. The van der Waals surface area contributed by atoms with Crippen molar-refractivity contribution in [3.8, 4) is 11.4 Å². The van der Waals surface area contributed by atoms with E-state index in [4.69, 9.17) is 0 Å². The Bertz CT molecular complexity index is 1330. The zero-order chi connectivity index (χ0) is 23.4. The maximum atomic E-state index is 13.4. The van der Waals surface area contributed by atoms with Crippen LogP contribution in [0.4, 0.5) is 11.4 Å². The number of hydrogen-bond donors (Lipinski definition) is 1. The number of carbonyl (C=O) groups excluding carboxylic acids is 3. The molecule has 0 spiro atoms. The fraction of sp³-hybridized carbons (Fsp3) is 0.333. The second-order valence-corrected chi connectivity index (χ2v) is 9.16. The SMILES string of the molecule is C[C@]12CCC(=O)N1c1ccccc1C(=O)N2CC(=O)Nc1cccc(-c2nnnn2C2CC2)c1. The first-order valence-corrected chi connectivity index (χ1v) is 11.4. The molecule has 1 atom stereocenters. The van der Waals surface area contributed by atoms with Crippen LogP contribution in [0.15, 0.2) is 48.5 Å². The van der Waals surface area contributed by atoms with Crippen molar-refractivity contribution in [2.75, 3.05) is 16.8 Å². The molecule has 6 rings (SSSR count). The third kappa shape index (κ3) is 3.17. The van der Waals surface area contributed by atoms with E-state index < -0.39 is 5.66 Å². The van der Waals surface area contributed by atoms with E-state index in [1.54, 1.807) is 29.2 Å². The zero-order valence-corrected chi connectivity index (χ0v) is 18.6. The van der Waals surface area contributed by atoms with Gasteiger partial charge in [-0.25, -0.2) is 4.68 Å². The number of fused-ring (bicyclic) bond motifs is 3.